The Kier molecular flexibility index (Phi) is 3.24. The van der Waals surface area contributed by atoms with Gasteiger partial charge in [0, 0.05) is 34.4 Å². The Hall–Kier alpha value is -1.05. The lowest BCUT2D eigenvalue weighted by Crippen LogP contribution is -1.85. The van der Waals surface area contributed by atoms with Gasteiger partial charge in [0.2, 0.25) is 0 Å². The molecule has 1 aromatic heterocycles. The van der Waals surface area contributed by atoms with Crippen LogP contribution in [0.4, 0.5) is 0 Å². The fourth-order valence-corrected chi connectivity index (χ4v) is 1.79. The molecule has 0 radical (unpaired) electrons. The number of alkyl halides is 1. The molecule has 0 saturated carbocycles. The summed E-state index contributed by atoms with van der Waals surface area (Å²) in [6.45, 7) is 0. The largest absolute Gasteiger partial charge is 0.264 e. The number of pyridine rings is 1. The molecule has 1 aromatic carbocycles. The molecule has 0 N–H and O–H groups in total. The third-order valence-corrected chi connectivity index (χ3v) is 2.77. The van der Waals surface area contributed by atoms with Crippen molar-refractivity contribution in [2.45, 2.75) is 5.88 Å². The highest BCUT2D eigenvalue weighted by atomic mass is 35.5. The number of benzene rings is 1. The second kappa shape index (κ2) is 4.65. The van der Waals surface area contributed by atoms with E-state index in [9.17, 15) is 0 Å². The van der Waals surface area contributed by atoms with Crippen molar-refractivity contribution >= 4 is 23.2 Å². The Morgan fingerprint density at radius 2 is 1.93 bits per heavy atom. The molecule has 15 heavy (non-hydrogen) atoms. The molecule has 76 valence electrons. The minimum atomic E-state index is 0.464. The smallest absolute Gasteiger partial charge is 0.0489 e. The first kappa shape index (κ1) is 10.5. The zero-order valence-electron chi connectivity index (χ0n) is 7.95. The van der Waals surface area contributed by atoms with Gasteiger partial charge in [0.15, 0.2) is 0 Å². The topological polar surface area (TPSA) is 12.9 Å². The van der Waals surface area contributed by atoms with Gasteiger partial charge in [0.05, 0.1) is 0 Å². The molecule has 0 unspecified atom stereocenters. The highest BCUT2D eigenvalue weighted by Crippen LogP contribution is 2.27. The lowest BCUT2D eigenvalue weighted by molar-refractivity contribution is 1.25. The van der Waals surface area contributed by atoms with E-state index in [0.717, 1.165) is 21.7 Å². The standard InChI is InChI=1S/C12H9Cl2N/c13-6-9-5-10(8-15-7-9)11-3-1-2-4-12(11)14/h1-5,7-8H,6H2. The molecule has 1 nitrogen and oxygen atoms in total. The maximum atomic E-state index is 6.09. The number of hydrogen-bond acceptors (Lipinski definition) is 1. The van der Waals surface area contributed by atoms with Gasteiger partial charge < -0.3 is 0 Å². The quantitative estimate of drug-likeness (QED) is 0.716. The summed E-state index contributed by atoms with van der Waals surface area (Å²) >= 11 is 11.8. The van der Waals surface area contributed by atoms with Gasteiger partial charge >= 0.3 is 0 Å². The van der Waals surface area contributed by atoms with Crippen molar-refractivity contribution in [1.82, 2.24) is 4.98 Å². The molecule has 0 atom stereocenters. The van der Waals surface area contributed by atoms with Gasteiger partial charge in [-0.25, -0.2) is 0 Å². The molecule has 0 aliphatic heterocycles. The minimum absolute atomic E-state index is 0.464. The molecule has 0 fully saturated rings. The van der Waals surface area contributed by atoms with E-state index in [1.54, 1.807) is 12.4 Å². The zero-order chi connectivity index (χ0) is 10.7. The predicted octanol–water partition coefficient (Wildman–Crippen LogP) is 4.14. The first-order valence-corrected chi connectivity index (χ1v) is 5.47. The van der Waals surface area contributed by atoms with E-state index in [0.29, 0.717) is 5.88 Å². The first-order valence-electron chi connectivity index (χ1n) is 4.56. The van der Waals surface area contributed by atoms with E-state index in [4.69, 9.17) is 23.2 Å². The summed E-state index contributed by atoms with van der Waals surface area (Å²) in [4.78, 5) is 4.13. The predicted molar refractivity (Wildman–Crippen MR) is 64.2 cm³/mol. The van der Waals surface area contributed by atoms with Gasteiger partial charge in [-0.3, -0.25) is 4.98 Å². The van der Waals surface area contributed by atoms with Crippen LogP contribution in [0.25, 0.3) is 11.1 Å². The van der Waals surface area contributed by atoms with Crippen LogP contribution in [0.2, 0.25) is 5.02 Å². The number of hydrogen-bond donors (Lipinski definition) is 0. The van der Waals surface area contributed by atoms with Crippen LogP contribution in [0.5, 0.6) is 0 Å². The lowest BCUT2D eigenvalue weighted by atomic mass is 10.1. The van der Waals surface area contributed by atoms with Crippen molar-refractivity contribution < 1.29 is 0 Å². The van der Waals surface area contributed by atoms with Gasteiger partial charge in [-0.15, -0.1) is 11.6 Å². The summed E-state index contributed by atoms with van der Waals surface area (Å²) in [6, 6.07) is 9.70. The second-order valence-corrected chi connectivity index (χ2v) is 3.87. The Labute approximate surface area is 98.7 Å². The first-order chi connectivity index (χ1) is 7.31. The average molecular weight is 238 g/mol. The molecule has 0 bridgehead atoms. The van der Waals surface area contributed by atoms with Crippen LogP contribution in [-0.4, -0.2) is 4.98 Å². The molecule has 0 saturated heterocycles. The number of nitrogens with zero attached hydrogens (tertiary/aromatic N) is 1. The monoisotopic (exact) mass is 237 g/mol. The van der Waals surface area contributed by atoms with Crippen molar-refractivity contribution in [3.05, 3.63) is 53.3 Å². The number of aromatic nitrogens is 1. The van der Waals surface area contributed by atoms with E-state index in [2.05, 4.69) is 4.98 Å². The molecule has 1 heterocycles. The van der Waals surface area contributed by atoms with Crippen LogP contribution in [0.15, 0.2) is 42.7 Å². The molecular formula is C12H9Cl2N. The molecule has 0 aliphatic carbocycles. The van der Waals surface area contributed by atoms with Crippen LogP contribution in [0.3, 0.4) is 0 Å². The Bertz CT molecular complexity index is 469. The summed E-state index contributed by atoms with van der Waals surface area (Å²) in [5.41, 5.74) is 2.98. The van der Waals surface area contributed by atoms with Crippen LogP contribution >= 0.6 is 23.2 Å². The van der Waals surface area contributed by atoms with Crippen LogP contribution in [0, 0.1) is 0 Å². The van der Waals surface area contributed by atoms with E-state index in [1.807, 2.05) is 30.3 Å². The molecule has 0 spiro atoms. The van der Waals surface area contributed by atoms with Crippen LogP contribution < -0.4 is 0 Å². The molecular weight excluding hydrogens is 229 g/mol. The van der Waals surface area contributed by atoms with Gasteiger partial charge in [-0.05, 0) is 17.7 Å². The van der Waals surface area contributed by atoms with Crippen molar-refractivity contribution in [1.29, 1.82) is 0 Å². The summed E-state index contributed by atoms with van der Waals surface area (Å²) in [5, 5.41) is 0.728. The average Bonchev–Trinajstić information content (AvgIpc) is 2.30. The van der Waals surface area contributed by atoms with Crippen LogP contribution in [0.1, 0.15) is 5.56 Å². The van der Waals surface area contributed by atoms with E-state index in [-0.39, 0.29) is 0 Å². The molecule has 2 rings (SSSR count). The fraction of sp³-hybridized carbons (Fsp3) is 0.0833. The molecule has 3 heteroatoms. The second-order valence-electron chi connectivity index (χ2n) is 3.20. The summed E-state index contributed by atoms with van der Waals surface area (Å²) in [6.07, 6.45) is 3.55. The number of rotatable bonds is 2. The van der Waals surface area contributed by atoms with Gasteiger partial charge in [0.25, 0.3) is 0 Å². The lowest BCUT2D eigenvalue weighted by Gasteiger charge is -2.04. The Morgan fingerprint density at radius 3 is 2.67 bits per heavy atom. The maximum Gasteiger partial charge on any atom is 0.0489 e. The van der Waals surface area contributed by atoms with Crippen molar-refractivity contribution in [2.75, 3.05) is 0 Å². The van der Waals surface area contributed by atoms with E-state index >= 15 is 0 Å². The maximum absolute atomic E-state index is 6.09. The van der Waals surface area contributed by atoms with Gasteiger partial charge in [0.1, 0.15) is 0 Å². The highest BCUT2D eigenvalue weighted by molar-refractivity contribution is 6.33. The third kappa shape index (κ3) is 2.31. The Morgan fingerprint density at radius 1 is 1.13 bits per heavy atom. The summed E-state index contributed by atoms with van der Waals surface area (Å²) in [7, 11) is 0. The zero-order valence-corrected chi connectivity index (χ0v) is 9.46. The van der Waals surface area contributed by atoms with Gasteiger partial charge in [-0.1, -0.05) is 29.8 Å². The third-order valence-electron chi connectivity index (χ3n) is 2.13. The van der Waals surface area contributed by atoms with Crippen molar-refractivity contribution in [2.24, 2.45) is 0 Å². The van der Waals surface area contributed by atoms with E-state index < -0.39 is 0 Å². The molecule has 0 aliphatic rings. The van der Waals surface area contributed by atoms with Crippen molar-refractivity contribution in [3.63, 3.8) is 0 Å². The fourth-order valence-electron chi connectivity index (χ4n) is 1.40. The summed E-state index contributed by atoms with van der Waals surface area (Å²) in [5.74, 6) is 0.464. The minimum Gasteiger partial charge on any atom is -0.264 e. The number of halogens is 2. The molecule has 0 amide bonds. The van der Waals surface area contributed by atoms with E-state index in [1.165, 1.54) is 0 Å². The summed E-state index contributed by atoms with van der Waals surface area (Å²) < 4.78 is 0. The normalized spacial score (nSPS) is 10.3. The highest BCUT2D eigenvalue weighted by Gasteiger charge is 2.03. The van der Waals surface area contributed by atoms with Gasteiger partial charge in [-0.2, -0.15) is 0 Å². The van der Waals surface area contributed by atoms with Crippen LogP contribution in [-0.2, 0) is 5.88 Å². The SMILES string of the molecule is ClCc1cncc(-c2ccccc2Cl)c1. The Balaban J connectivity index is 2.49. The molecule has 2 aromatic rings. The van der Waals surface area contributed by atoms with Crippen molar-refractivity contribution in [3.8, 4) is 11.1 Å².